The summed E-state index contributed by atoms with van der Waals surface area (Å²) in [5.74, 6) is -0.107. The molecular weight excluding hydrogens is 257 g/mol. The normalized spacial score (nSPS) is 20.2. The Kier molecular flexibility index (Phi) is 5.28. The first-order chi connectivity index (χ1) is 9.17. The van der Waals surface area contributed by atoms with Crippen molar-refractivity contribution in [3.63, 3.8) is 0 Å². The van der Waals surface area contributed by atoms with Crippen LogP contribution in [0.3, 0.4) is 0 Å². The molecule has 0 aromatic heterocycles. The highest BCUT2D eigenvalue weighted by atomic mass is 32.2. The average Bonchev–Trinajstić information content (AvgIpc) is 2.46. The van der Waals surface area contributed by atoms with E-state index in [0.717, 1.165) is 12.1 Å². The van der Waals surface area contributed by atoms with Gasteiger partial charge < -0.3 is 5.32 Å². The minimum absolute atomic E-state index is 0.0761. The molecule has 1 aliphatic rings. The Morgan fingerprint density at radius 3 is 2.58 bits per heavy atom. The van der Waals surface area contributed by atoms with Crippen LogP contribution in [-0.2, 0) is 0 Å². The first-order valence-electron chi connectivity index (χ1n) is 7.20. The van der Waals surface area contributed by atoms with Gasteiger partial charge in [-0.3, -0.25) is 0 Å². The third-order valence-corrected chi connectivity index (χ3v) is 5.72. The zero-order valence-electron chi connectivity index (χ0n) is 11.9. The van der Waals surface area contributed by atoms with E-state index < -0.39 is 0 Å². The van der Waals surface area contributed by atoms with Crippen LogP contribution in [-0.4, -0.2) is 17.5 Å². The summed E-state index contributed by atoms with van der Waals surface area (Å²) >= 11 is 1.98. The number of hydrogen-bond donors (Lipinski definition) is 1. The smallest absolute Gasteiger partial charge is 0.127 e. The standard InChI is InChI=1S/C16H24FNS/c1-13(14-8-4-5-9-15(14)17)18-12-16(19-2)10-6-3-7-11-16/h4-5,8-9,13,18H,3,6-7,10-12H2,1-2H3. The van der Waals surface area contributed by atoms with E-state index in [0.29, 0.717) is 4.75 Å². The Morgan fingerprint density at radius 1 is 1.26 bits per heavy atom. The molecule has 0 aliphatic heterocycles. The van der Waals surface area contributed by atoms with Crippen LogP contribution in [0, 0.1) is 5.82 Å². The molecule has 2 rings (SSSR count). The second kappa shape index (κ2) is 6.76. The molecule has 1 nitrogen and oxygen atoms in total. The summed E-state index contributed by atoms with van der Waals surface area (Å²) in [4.78, 5) is 0. The van der Waals surface area contributed by atoms with E-state index in [1.54, 1.807) is 12.1 Å². The number of hydrogen-bond acceptors (Lipinski definition) is 2. The van der Waals surface area contributed by atoms with Crippen LogP contribution >= 0.6 is 11.8 Å². The predicted molar refractivity (Wildman–Crippen MR) is 82.1 cm³/mol. The van der Waals surface area contributed by atoms with Crippen molar-refractivity contribution in [3.05, 3.63) is 35.6 Å². The van der Waals surface area contributed by atoms with Gasteiger partial charge in [-0.05, 0) is 32.1 Å². The van der Waals surface area contributed by atoms with E-state index in [9.17, 15) is 4.39 Å². The summed E-state index contributed by atoms with van der Waals surface area (Å²) in [6, 6.07) is 7.14. The van der Waals surface area contributed by atoms with Gasteiger partial charge in [0.25, 0.3) is 0 Å². The molecule has 1 unspecified atom stereocenters. The van der Waals surface area contributed by atoms with Crippen molar-refractivity contribution in [1.82, 2.24) is 5.32 Å². The summed E-state index contributed by atoms with van der Waals surface area (Å²) < 4.78 is 14.1. The van der Waals surface area contributed by atoms with Crippen LogP contribution in [0.25, 0.3) is 0 Å². The summed E-state index contributed by atoms with van der Waals surface area (Å²) in [5, 5.41) is 3.54. The van der Waals surface area contributed by atoms with Gasteiger partial charge in [-0.15, -0.1) is 0 Å². The zero-order valence-corrected chi connectivity index (χ0v) is 12.7. The molecule has 19 heavy (non-hydrogen) atoms. The first-order valence-corrected chi connectivity index (χ1v) is 8.42. The molecule has 1 saturated carbocycles. The lowest BCUT2D eigenvalue weighted by Gasteiger charge is -2.37. The lowest BCUT2D eigenvalue weighted by Crippen LogP contribution is -2.40. The highest BCUT2D eigenvalue weighted by molar-refractivity contribution is 8.00. The Hall–Kier alpha value is -0.540. The molecular formula is C16H24FNS. The number of benzene rings is 1. The zero-order chi connectivity index (χ0) is 13.7. The third kappa shape index (κ3) is 3.73. The van der Waals surface area contributed by atoms with Crippen LogP contribution < -0.4 is 5.32 Å². The molecule has 0 heterocycles. The first kappa shape index (κ1) is 14.9. The molecule has 1 atom stereocenters. The Labute approximate surface area is 120 Å². The lowest BCUT2D eigenvalue weighted by molar-refractivity contribution is 0.365. The van der Waals surface area contributed by atoms with Gasteiger partial charge in [-0.25, -0.2) is 4.39 Å². The Morgan fingerprint density at radius 2 is 1.95 bits per heavy atom. The fourth-order valence-corrected chi connectivity index (χ4v) is 3.85. The summed E-state index contributed by atoms with van der Waals surface area (Å²) in [5.41, 5.74) is 0.773. The van der Waals surface area contributed by atoms with Crippen molar-refractivity contribution < 1.29 is 4.39 Å². The van der Waals surface area contributed by atoms with Crippen molar-refractivity contribution in [2.45, 2.75) is 49.8 Å². The molecule has 0 radical (unpaired) electrons. The maximum Gasteiger partial charge on any atom is 0.127 e. The molecule has 106 valence electrons. The van der Waals surface area contributed by atoms with Gasteiger partial charge in [-0.1, -0.05) is 37.5 Å². The van der Waals surface area contributed by atoms with Gasteiger partial charge in [0.2, 0.25) is 0 Å². The van der Waals surface area contributed by atoms with Crippen LogP contribution in [0.5, 0.6) is 0 Å². The van der Waals surface area contributed by atoms with Crippen LogP contribution in [0.4, 0.5) is 4.39 Å². The minimum atomic E-state index is -0.107. The predicted octanol–water partition coefficient (Wildman–Crippen LogP) is 4.54. The molecule has 0 bridgehead atoms. The fraction of sp³-hybridized carbons (Fsp3) is 0.625. The topological polar surface area (TPSA) is 12.0 Å². The molecule has 0 spiro atoms. The minimum Gasteiger partial charge on any atom is -0.309 e. The van der Waals surface area contributed by atoms with E-state index in [1.165, 1.54) is 32.1 Å². The molecule has 1 fully saturated rings. The molecule has 1 aromatic carbocycles. The SMILES string of the molecule is CSC1(CNC(C)c2ccccc2F)CCCCC1. The van der Waals surface area contributed by atoms with E-state index in [4.69, 9.17) is 0 Å². The molecule has 1 N–H and O–H groups in total. The van der Waals surface area contributed by atoms with Gasteiger partial charge in [0.05, 0.1) is 0 Å². The van der Waals surface area contributed by atoms with E-state index in [-0.39, 0.29) is 11.9 Å². The van der Waals surface area contributed by atoms with E-state index >= 15 is 0 Å². The van der Waals surface area contributed by atoms with Gasteiger partial charge in [-0.2, -0.15) is 11.8 Å². The second-order valence-corrected chi connectivity index (χ2v) is 6.85. The fourth-order valence-electron chi connectivity index (χ4n) is 2.92. The summed E-state index contributed by atoms with van der Waals surface area (Å²) in [6.07, 6.45) is 8.80. The molecule has 3 heteroatoms. The van der Waals surface area contributed by atoms with Crippen molar-refractivity contribution in [2.75, 3.05) is 12.8 Å². The van der Waals surface area contributed by atoms with Crippen molar-refractivity contribution in [1.29, 1.82) is 0 Å². The maximum absolute atomic E-state index is 13.7. The average molecular weight is 281 g/mol. The monoisotopic (exact) mass is 281 g/mol. The highest BCUT2D eigenvalue weighted by Crippen LogP contribution is 2.38. The van der Waals surface area contributed by atoms with Gasteiger partial charge >= 0.3 is 0 Å². The highest BCUT2D eigenvalue weighted by Gasteiger charge is 2.31. The number of halogens is 1. The number of thioether (sulfide) groups is 1. The van der Waals surface area contributed by atoms with Gasteiger partial charge in [0, 0.05) is 22.9 Å². The third-order valence-electron chi connectivity index (χ3n) is 4.30. The number of nitrogens with one attached hydrogen (secondary N) is 1. The van der Waals surface area contributed by atoms with Crippen molar-refractivity contribution in [3.8, 4) is 0 Å². The Bertz CT molecular complexity index is 401. The molecule has 0 amide bonds. The van der Waals surface area contributed by atoms with E-state index in [1.807, 2.05) is 23.9 Å². The van der Waals surface area contributed by atoms with Crippen molar-refractivity contribution in [2.24, 2.45) is 0 Å². The maximum atomic E-state index is 13.7. The van der Waals surface area contributed by atoms with Crippen molar-refractivity contribution >= 4 is 11.8 Å². The lowest BCUT2D eigenvalue weighted by atomic mass is 9.88. The van der Waals surface area contributed by atoms with E-state index in [2.05, 4.69) is 18.5 Å². The number of rotatable bonds is 5. The summed E-state index contributed by atoms with van der Waals surface area (Å²) in [7, 11) is 0. The molecule has 1 aromatic rings. The second-order valence-electron chi connectivity index (χ2n) is 5.57. The van der Waals surface area contributed by atoms with Crippen LogP contribution in [0.15, 0.2) is 24.3 Å². The molecule has 0 saturated heterocycles. The van der Waals surface area contributed by atoms with Crippen LogP contribution in [0.2, 0.25) is 0 Å². The quantitative estimate of drug-likeness (QED) is 0.850. The molecule has 1 aliphatic carbocycles. The Balaban J connectivity index is 1.95. The van der Waals surface area contributed by atoms with Gasteiger partial charge in [0.1, 0.15) is 5.82 Å². The van der Waals surface area contributed by atoms with Crippen LogP contribution in [0.1, 0.15) is 50.6 Å². The largest absolute Gasteiger partial charge is 0.309 e. The van der Waals surface area contributed by atoms with Gasteiger partial charge in [0.15, 0.2) is 0 Å². The summed E-state index contributed by atoms with van der Waals surface area (Å²) in [6.45, 7) is 3.03.